The van der Waals surface area contributed by atoms with Gasteiger partial charge in [0.25, 0.3) is 0 Å². The summed E-state index contributed by atoms with van der Waals surface area (Å²) in [4.78, 5) is 31.3. The van der Waals surface area contributed by atoms with Crippen LogP contribution in [0.25, 0.3) is 10.2 Å². The molecule has 5 rings (SSSR count). The fourth-order valence-electron chi connectivity index (χ4n) is 4.33. The Morgan fingerprint density at radius 1 is 1.21 bits per heavy atom. The van der Waals surface area contributed by atoms with Crippen molar-refractivity contribution < 1.29 is 4.79 Å². The molecule has 3 aromatic heterocycles. The maximum atomic E-state index is 12.6. The molecule has 3 aromatic rings. The van der Waals surface area contributed by atoms with E-state index in [1.807, 2.05) is 36.5 Å². The molecule has 0 atom stereocenters. The SMILES string of the molecule is Cc1nc(N2CCC(C(=O)Nc3ccccn3)CC2)c2c3c(sc2n1)CCC3. The van der Waals surface area contributed by atoms with Crippen LogP contribution in [0.2, 0.25) is 0 Å². The van der Waals surface area contributed by atoms with E-state index in [0.29, 0.717) is 5.82 Å². The molecule has 1 fully saturated rings. The monoisotopic (exact) mass is 393 g/mol. The van der Waals surface area contributed by atoms with Crippen molar-refractivity contribution in [3.8, 4) is 0 Å². The number of carbonyl (C=O) groups excluding carboxylic acids is 1. The Labute approximate surface area is 168 Å². The van der Waals surface area contributed by atoms with Gasteiger partial charge in [0, 0.05) is 30.1 Å². The number of aryl methyl sites for hydroxylation is 3. The molecule has 2 aliphatic rings. The first kappa shape index (κ1) is 17.6. The number of carbonyl (C=O) groups is 1. The smallest absolute Gasteiger partial charge is 0.228 e. The first-order valence-electron chi connectivity index (χ1n) is 9.95. The molecule has 0 unspecified atom stereocenters. The number of hydrogen-bond donors (Lipinski definition) is 1. The molecule has 0 aromatic carbocycles. The summed E-state index contributed by atoms with van der Waals surface area (Å²) in [5, 5.41) is 4.21. The number of rotatable bonds is 3. The standard InChI is InChI=1S/C21H23N5OS/c1-13-23-19(18-15-5-4-6-16(15)28-21(18)24-13)26-11-8-14(9-12-26)20(27)25-17-7-2-3-10-22-17/h2-3,7,10,14H,4-6,8-9,11-12H2,1H3,(H,22,25,27). The fourth-order valence-corrected chi connectivity index (χ4v) is 5.63. The van der Waals surface area contributed by atoms with Crippen LogP contribution in [0, 0.1) is 12.8 Å². The van der Waals surface area contributed by atoms with Crippen molar-refractivity contribution in [2.45, 2.75) is 39.0 Å². The quantitative estimate of drug-likeness (QED) is 0.734. The molecular weight excluding hydrogens is 370 g/mol. The summed E-state index contributed by atoms with van der Waals surface area (Å²) in [7, 11) is 0. The lowest BCUT2D eigenvalue weighted by atomic mass is 9.95. The van der Waals surface area contributed by atoms with Gasteiger partial charge >= 0.3 is 0 Å². The van der Waals surface area contributed by atoms with Crippen LogP contribution >= 0.6 is 11.3 Å². The van der Waals surface area contributed by atoms with Gasteiger partial charge in [-0.15, -0.1) is 11.3 Å². The third-order valence-corrected chi connectivity index (χ3v) is 6.92. The Hall–Kier alpha value is -2.54. The first-order chi connectivity index (χ1) is 13.7. The molecular formula is C21H23N5OS. The van der Waals surface area contributed by atoms with Gasteiger partial charge in [-0.2, -0.15) is 0 Å². The Balaban J connectivity index is 1.34. The van der Waals surface area contributed by atoms with Crippen LogP contribution in [0.3, 0.4) is 0 Å². The Morgan fingerprint density at radius 2 is 2.07 bits per heavy atom. The van der Waals surface area contributed by atoms with Gasteiger partial charge in [-0.1, -0.05) is 6.07 Å². The van der Waals surface area contributed by atoms with Crippen molar-refractivity contribution in [3.05, 3.63) is 40.7 Å². The van der Waals surface area contributed by atoms with Crippen molar-refractivity contribution in [3.63, 3.8) is 0 Å². The minimum absolute atomic E-state index is 0.0184. The van der Waals surface area contributed by atoms with Gasteiger partial charge in [0.05, 0.1) is 5.39 Å². The number of fused-ring (bicyclic) bond motifs is 3. The molecule has 144 valence electrons. The Morgan fingerprint density at radius 3 is 2.86 bits per heavy atom. The number of piperidine rings is 1. The van der Waals surface area contributed by atoms with Crippen LogP contribution in [0.1, 0.15) is 35.5 Å². The number of aromatic nitrogens is 3. The van der Waals surface area contributed by atoms with Crippen LogP contribution in [0.4, 0.5) is 11.6 Å². The van der Waals surface area contributed by atoms with Crippen LogP contribution in [0.5, 0.6) is 0 Å². The van der Waals surface area contributed by atoms with Crippen molar-refractivity contribution >= 4 is 39.1 Å². The van der Waals surface area contributed by atoms with Gasteiger partial charge in [-0.05, 0) is 56.7 Å². The zero-order valence-electron chi connectivity index (χ0n) is 15.9. The number of nitrogens with zero attached hydrogens (tertiary/aromatic N) is 4. The maximum absolute atomic E-state index is 12.6. The van der Waals surface area contributed by atoms with Gasteiger partial charge in [0.2, 0.25) is 5.91 Å². The lowest BCUT2D eigenvalue weighted by molar-refractivity contribution is -0.120. The van der Waals surface area contributed by atoms with Crippen molar-refractivity contribution in [2.24, 2.45) is 5.92 Å². The molecule has 1 aliphatic heterocycles. The number of anilines is 2. The molecule has 0 saturated carbocycles. The number of nitrogens with one attached hydrogen (secondary N) is 1. The molecule has 0 bridgehead atoms. The molecule has 4 heterocycles. The molecule has 7 heteroatoms. The average Bonchev–Trinajstić information content (AvgIpc) is 3.29. The molecule has 0 spiro atoms. The van der Waals surface area contributed by atoms with Crippen molar-refractivity contribution in [1.29, 1.82) is 0 Å². The highest BCUT2D eigenvalue weighted by atomic mass is 32.1. The first-order valence-corrected chi connectivity index (χ1v) is 10.8. The summed E-state index contributed by atoms with van der Waals surface area (Å²) in [6.45, 7) is 3.66. The van der Waals surface area contributed by atoms with Crippen molar-refractivity contribution in [2.75, 3.05) is 23.3 Å². The molecule has 28 heavy (non-hydrogen) atoms. The second kappa shape index (κ2) is 7.13. The van der Waals surface area contributed by atoms with Crippen molar-refractivity contribution in [1.82, 2.24) is 15.0 Å². The highest BCUT2D eigenvalue weighted by molar-refractivity contribution is 7.19. The lowest BCUT2D eigenvalue weighted by Gasteiger charge is -2.32. The Bertz CT molecular complexity index is 1020. The molecule has 6 nitrogen and oxygen atoms in total. The van der Waals surface area contributed by atoms with E-state index in [-0.39, 0.29) is 11.8 Å². The second-order valence-electron chi connectivity index (χ2n) is 7.60. The summed E-state index contributed by atoms with van der Waals surface area (Å²) < 4.78 is 0. The van der Waals surface area contributed by atoms with Crippen LogP contribution in [-0.2, 0) is 17.6 Å². The van der Waals surface area contributed by atoms with E-state index in [2.05, 4.69) is 15.2 Å². The minimum Gasteiger partial charge on any atom is -0.356 e. The summed E-state index contributed by atoms with van der Waals surface area (Å²) in [6, 6.07) is 5.55. The van der Waals surface area contributed by atoms with Crippen LogP contribution < -0.4 is 10.2 Å². The molecule has 0 radical (unpaired) electrons. The van der Waals surface area contributed by atoms with E-state index >= 15 is 0 Å². The topological polar surface area (TPSA) is 71.0 Å². The number of hydrogen-bond acceptors (Lipinski definition) is 6. The van der Waals surface area contributed by atoms with Gasteiger partial charge in [-0.25, -0.2) is 15.0 Å². The number of amides is 1. The third-order valence-electron chi connectivity index (χ3n) is 5.74. The second-order valence-corrected chi connectivity index (χ2v) is 8.68. The summed E-state index contributed by atoms with van der Waals surface area (Å²) >= 11 is 1.84. The summed E-state index contributed by atoms with van der Waals surface area (Å²) in [6.07, 6.45) is 6.90. The highest BCUT2D eigenvalue weighted by Gasteiger charge is 2.29. The van der Waals surface area contributed by atoms with Crippen LogP contribution in [0.15, 0.2) is 24.4 Å². The fraction of sp³-hybridized carbons (Fsp3) is 0.429. The van der Waals surface area contributed by atoms with E-state index in [0.717, 1.165) is 48.8 Å². The third kappa shape index (κ3) is 3.13. The van der Waals surface area contributed by atoms with E-state index < -0.39 is 0 Å². The molecule has 1 aliphatic carbocycles. The van der Waals surface area contributed by atoms with E-state index in [1.54, 1.807) is 6.20 Å². The minimum atomic E-state index is 0.0184. The average molecular weight is 394 g/mol. The van der Waals surface area contributed by atoms with E-state index in [9.17, 15) is 4.79 Å². The molecule has 1 saturated heterocycles. The maximum Gasteiger partial charge on any atom is 0.228 e. The largest absolute Gasteiger partial charge is 0.356 e. The Kier molecular flexibility index (Phi) is 4.47. The highest BCUT2D eigenvalue weighted by Crippen LogP contribution is 2.41. The predicted molar refractivity (Wildman–Crippen MR) is 112 cm³/mol. The summed E-state index contributed by atoms with van der Waals surface area (Å²) in [5.74, 6) is 2.61. The molecule has 1 amide bonds. The number of thiophene rings is 1. The normalized spacial score (nSPS) is 17.1. The number of pyridine rings is 1. The van der Waals surface area contributed by atoms with Crippen LogP contribution in [-0.4, -0.2) is 33.9 Å². The van der Waals surface area contributed by atoms with Gasteiger partial charge in [0.1, 0.15) is 22.3 Å². The zero-order chi connectivity index (χ0) is 19.1. The molecule has 1 N–H and O–H groups in total. The lowest BCUT2D eigenvalue weighted by Crippen LogP contribution is -2.38. The van der Waals surface area contributed by atoms with E-state index in [1.165, 1.54) is 28.7 Å². The zero-order valence-corrected chi connectivity index (χ0v) is 16.8. The summed E-state index contributed by atoms with van der Waals surface area (Å²) in [5.41, 5.74) is 1.46. The van der Waals surface area contributed by atoms with E-state index in [4.69, 9.17) is 9.97 Å². The predicted octanol–water partition coefficient (Wildman–Crippen LogP) is 3.74. The van der Waals surface area contributed by atoms with Gasteiger partial charge in [-0.3, -0.25) is 4.79 Å². The van der Waals surface area contributed by atoms with Gasteiger partial charge in [0.15, 0.2) is 0 Å². The van der Waals surface area contributed by atoms with Gasteiger partial charge < -0.3 is 10.2 Å².